The van der Waals surface area contributed by atoms with Crippen LogP contribution in [0.15, 0.2) is 59.5 Å². The van der Waals surface area contributed by atoms with Crippen molar-refractivity contribution < 1.29 is 13.2 Å². The van der Waals surface area contributed by atoms with Crippen LogP contribution in [0.1, 0.15) is 5.56 Å². The number of benzene rings is 2. The molecule has 0 bridgehead atoms. The lowest BCUT2D eigenvalue weighted by Gasteiger charge is -2.34. The summed E-state index contributed by atoms with van der Waals surface area (Å²) in [5, 5.41) is 0. The van der Waals surface area contributed by atoms with Crippen LogP contribution in [0.3, 0.4) is 0 Å². The summed E-state index contributed by atoms with van der Waals surface area (Å²) in [4.78, 5) is 2.68. The Morgan fingerprint density at radius 3 is 2.24 bits per heavy atom. The van der Waals surface area contributed by atoms with Crippen LogP contribution in [-0.4, -0.2) is 57.5 Å². The molecule has 1 aliphatic heterocycles. The fourth-order valence-corrected chi connectivity index (χ4v) is 4.57. The monoisotopic (exact) mass is 360 g/mol. The normalized spacial score (nSPS) is 16.7. The molecule has 3 rings (SSSR count). The van der Waals surface area contributed by atoms with Gasteiger partial charge in [-0.3, -0.25) is 0 Å². The third-order valence-electron chi connectivity index (χ3n) is 4.60. The van der Waals surface area contributed by atoms with Crippen LogP contribution < -0.4 is 4.74 Å². The first-order chi connectivity index (χ1) is 12.1. The lowest BCUT2D eigenvalue weighted by atomic mass is 10.1. The van der Waals surface area contributed by atoms with Gasteiger partial charge >= 0.3 is 0 Å². The first-order valence-electron chi connectivity index (χ1n) is 8.51. The first kappa shape index (κ1) is 17.9. The fourth-order valence-electron chi connectivity index (χ4n) is 3.12. The summed E-state index contributed by atoms with van der Waals surface area (Å²) >= 11 is 0. The smallest absolute Gasteiger partial charge is 0.243 e. The average molecular weight is 360 g/mol. The Morgan fingerprint density at radius 1 is 0.920 bits per heavy atom. The number of sulfonamides is 1. The Bertz CT molecular complexity index is 785. The molecule has 0 aromatic heterocycles. The molecule has 25 heavy (non-hydrogen) atoms. The van der Waals surface area contributed by atoms with Gasteiger partial charge in [0.2, 0.25) is 10.0 Å². The topological polar surface area (TPSA) is 49.9 Å². The minimum absolute atomic E-state index is 0.373. The molecule has 0 spiro atoms. The fraction of sp³-hybridized carbons (Fsp3) is 0.368. The lowest BCUT2D eigenvalue weighted by molar-refractivity contribution is 0.190. The van der Waals surface area contributed by atoms with Gasteiger partial charge in [0.1, 0.15) is 5.75 Å². The largest absolute Gasteiger partial charge is 0.496 e. The van der Waals surface area contributed by atoms with Gasteiger partial charge in [0, 0.05) is 32.7 Å². The minimum atomic E-state index is -3.38. The van der Waals surface area contributed by atoms with E-state index in [1.807, 2.05) is 24.3 Å². The predicted molar refractivity (Wildman–Crippen MR) is 98.3 cm³/mol. The summed E-state index contributed by atoms with van der Waals surface area (Å²) in [7, 11) is -1.69. The predicted octanol–water partition coefficient (Wildman–Crippen LogP) is 2.24. The van der Waals surface area contributed by atoms with Crippen LogP contribution in [0.4, 0.5) is 0 Å². The van der Waals surface area contributed by atoms with Crippen molar-refractivity contribution in [2.75, 3.05) is 39.8 Å². The van der Waals surface area contributed by atoms with Crippen LogP contribution in [-0.2, 0) is 16.4 Å². The Balaban J connectivity index is 1.55. The van der Waals surface area contributed by atoms with Gasteiger partial charge in [0.25, 0.3) is 0 Å². The second-order valence-electron chi connectivity index (χ2n) is 6.12. The third kappa shape index (κ3) is 4.21. The average Bonchev–Trinajstić information content (AvgIpc) is 2.67. The lowest BCUT2D eigenvalue weighted by Crippen LogP contribution is -2.48. The summed E-state index contributed by atoms with van der Waals surface area (Å²) in [5.41, 5.74) is 1.18. The van der Waals surface area contributed by atoms with Gasteiger partial charge in [0.15, 0.2) is 0 Å². The van der Waals surface area contributed by atoms with Gasteiger partial charge in [0.05, 0.1) is 12.0 Å². The second kappa shape index (κ2) is 7.99. The van der Waals surface area contributed by atoms with Crippen molar-refractivity contribution in [2.24, 2.45) is 0 Å². The number of methoxy groups -OCH3 is 1. The molecule has 0 amide bonds. The number of para-hydroxylation sites is 1. The Hall–Kier alpha value is -1.89. The molecular formula is C19H24N2O3S. The summed E-state index contributed by atoms with van der Waals surface area (Å²) in [6.45, 7) is 3.47. The van der Waals surface area contributed by atoms with Crippen molar-refractivity contribution in [2.45, 2.75) is 11.3 Å². The van der Waals surface area contributed by atoms with E-state index in [9.17, 15) is 8.42 Å². The van der Waals surface area contributed by atoms with Crippen molar-refractivity contribution in [3.8, 4) is 5.75 Å². The molecule has 2 aromatic carbocycles. The van der Waals surface area contributed by atoms with E-state index in [1.165, 1.54) is 5.56 Å². The second-order valence-corrected chi connectivity index (χ2v) is 8.06. The Kier molecular flexibility index (Phi) is 5.73. The summed E-state index contributed by atoms with van der Waals surface area (Å²) in [5.74, 6) is 0.910. The van der Waals surface area contributed by atoms with Crippen LogP contribution in [0.25, 0.3) is 0 Å². The van der Waals surface area contributed by atoms with E-state index in [-0.39, 0.29) is 0 Å². The van der Waals surface area contributed by atoms with Crippen molar-refractivity contribution in [3.05, 3.63) is 60.2 Å². The standard InChI is InChI=1S/C19H24N2O3S/c1-24-19-10-6-5-7-17(19)11-12-20-13-15-21(16-14-20)25(22,23)18-8-3-2-4-9-18/h2-10H,11-16H2,1H3. The molecule has 0 aliphatic carbocycles. The molecule has 0 unspecified atom stereocenters. The van der Waals surface area contributed by atoms with E-state index >= 15 is 0 Å². The van der Waals surface area contributed by atoms with E-state index in [0.29, 0.717) is 18.0 Å². The molecule has 0 atom stereocenters. The Morgan fingerprint density at radius 2 is 1.56 bits per heavy atom. The maximum atomic E-state index is 12.6. The number of hydrogen-bond acceptors (Lipinski definition) is 4. The van der Waals surface area contributed by atoms with E-state index in [4.69, 9.17) is 4.74 Å². The maximum absolute atomic E-state index is 12.6. The molecule has 5 nitrogen and oxygen atoms in total. The zero-order chi connectivity index (χ0) is 17.7. The minimum Gasteiger partial charge on any atom is -0.496 e. The van der Waals surface area contributed by atoms with Crippen molar-refractivity contribution in [3.63, 3.8) is 0 Å². The highest BCUT2D eigenvalue weighted by Gasteiger charge is 2.28. The van der Waals surface area contributed by atoms with Gasteiger partial charge < -0.3 is 9.64 Å². The molecule has 134 valence electrons. The molecule has 1 aliphatic rings. The molecule has 6 heteroatoms. The summed E-state index contributed by atoms with van der Waals surface area (Å²) < 4.78 is 32.3. The number of ether oxygens (including phenoxy) is 1. The number of hydrogen-bond donors (Lipinski definition) is 0. The van der Waals surface area contributed by atoms with Gasteiger partial charge in [-0.15, -0.1) is 0 Å². The van der Waals surface area contributed by atoms with E-state index in [1.54, 1.807) is 35.7 Å². The van der Waals surface area contributed by atoms with E-state index in [2.05, 4.69) is 11.0 Å². The molecule has 0 N–H and O–H groups in total. The van der Waals surface area contributed by atoms with Gasteiger partial charge in [-0.1, -0.05) is 36.4 Å². The molecular weight excluding hydrogens is 336 g/mol. The quantitative estimate of drug-likeness (QED) is 0.793. The van der Waals surface area contributed by atoms with Gasteiger partial charge in [-0.05, 0) is 30.2 Å². The highest BCUT2D eigenvalue weighted by molar-refractivity contribution is 7.89. The van der Waals surface area contributed by atoms with Crippen LogP contribution in [0.5, 0.6) is 5.75 Å². The van der Waals surface area contributed by atoms with Gasteiger partial charge in [-0.25, -0.2) is 8.42 Å². The van der Waals surface area contributed by atoms with E-state index < -0.39 is 10.0 Å². The molecule has 0 radical (unpaired) electrons. The zero-order valence-corrected chi connectivity index (χ0v) is 15.3. The van der Waals surface area contributed by atoms with Crippen LogP contribution in [0.2, 0.25) is 0 Å². The number of rotatable bonds is 6. The van der Waals surface area contributed by atoms with Crippen molar-refractivity contribution >= 4 is 10.0 Å². The Labute approximate surface area is 149 Å². The molecule has 1 saturated heterocycles. The zero-order valence-electron chi connectivity index (χ0n) is 14.5. The van der Waals surface area contributed by atoms with Crippen LogP contribution in [0, 0.1) is 0 Å². The maximum Gasteiger partial charge on any atom is 0.243 e. The summed E-state index contributed by atoms with van der Waals surface area (Å²) in [6, 6.07) is 16.7. The van der Waals surface area contributed by atoms with E-state index in [0.717, 1.165) is 31.8 Å². The molecule has 1 fully saturated rings. The molecule has 1 heterocycles. The van der Waals surface area contributed by atoms with Crippen molar-refractivity contribution in [1.82, 2.24) is 9.21 Å². The SMILES string of the molecule is COc1ccccc1CCN1CCN(S(=O)(=O)c2ccccc2)CC1. The van der Waals surface area contributed by atoms with Gasteiger partial charge in [-0.2, -0.15) is 4.31 Å². The van der Waals surface area contributed by atoms with Crippen molar-refractivity contribution in [1.29, 1.82) is 0 Å². The molecule has 0 saturated carbocycles. The summed E-state index contributed by atoms with van der Waals surface area (Å²) in [6.07, 6.45) is 0.898. The molecule has 2 aromatic rings. The third-order valence-corrected chi connectivity index (χ3v) is 6.52. The number of nitrogens with zero attached hydrogens (tertiary/aromatic N) is 2. The highest BCUT2D eigenvalue weighted by Crippen LogP contribution is 2.20. The van der Waals surface area contributed by atoms with Crippen LogP contribution >= 0.6 is 0 Å². The highest BCUT2D eigenvalue weighted by atomic mass is 32.2. The first-order valence-corrected chi connectivity index (χ1v) is 9.95. The number of piperazine rings is 1.